The van der Waals surface area contributed by atoms with Crippen molar-refractivity contribution in [1.29, 1.82) is 0 Å². The fourth-order valence-corrected chi connectivity index (χ4v) is 5.18. The molecule has 10 heteroatoms. The molecule has 0 saturated heterocycles. The second-order valence-electron chi connectivity index (χ2n) is 8.59. The van der Waals surface area contributed by atoms with E-state index in [4.69, 9.17) is 0 Å². The summed E-state index contributed by atoms with van der Waals surface area (Å²) in [5.74, 6) is -1.76. The molecule has 1 N–H and O–H groups in total. The molecule has 0 bridgehead atoms. The van der Waals surface area contributed by atoms with Gasteiger partial charge in [0.25, 0.3) is 15.9 Å². The third-order valence-electron chi connectivity index (χ3n) is 5.56. The lowest BCUT2D eigenvalue weighted by molar-refractivity contribution is -0.140. The van der Waals surface area contributed by atoms with Crippen molar-refractivity contribution in [3.05, 3.63) is 65.5 Å². The normalized spacial score (nSPS) is 15.2. The van der Waals surface area contributed by atoms with Gasteiger partial charge in [-0.1, -0.05) is 38.1 Å². The molecule has 0 aromatic heterocycles. The van der Waals surface area contributed by atoms with Gasteiger partial charge in [-0.2, -0.15) is 0 Å². The standard InChI is InChI=1S/C24H28FN3O5S/c1-16(2)14-26-23(30)17(3)27(15-18-8-10-19(25)11-9-18)22(29)12-13-28-24(31)20-6-4-5-7-21(20)34(28,32)33/h4-11,16-17H,12-15H2,1-3H3,(H,26,30)/t17-/m1/s1. The summed E-state index contributed by atoms with van der Waals surface area (Å²) in [6, 6.07) is 10.6. The number of fused-ring (bicyclic) bond motifs is 1. The number of carbonyl (C=O) groups is 3. The molecule has 1 heterocycles. The van der Waals surface area contributed by atoms with Gasteiger partial charge < -0.3 is 10.2 Å². The Morgan fingerprint density at radius 1 is 1.06 bits per heavy atom. The Morgan fingerprint density at radius 2 is 1.71 bits per heavy atom. The van der Waals surface area contributed by atoms with Crippen molar-refractivity contribution in [3.8, 4) is 0 Å². The van der Waals surface area contributed by atoms with Crippen LogP contribution in [0.5, 0.6) is 0 Å². The number of hydrogen-bond acceptors (Lipinski definition) is 5. The molecule has 3 rings (SSSR count). The molecule has 0 fully saturated rings. The third-order valence-corrected chi connectivity index (χ3v) is 7.40. The van der Waals surface area contributed by atoms with E-state index in [1.54, 1.807) is 13.0 Å². The summed E-state index contributed by atoms with van der Waals surface area (Å²) < 4.78 is 39.6. The van der Waals surface area contributed by atoms with Gasteiger partial charge in [-0.05, 0) is 42.7 Å². The largest absolute Gasteiger partial charge is 0.354 e. The van der Waals surface area contributed by atoms with Crippen LogP contribution in [0.25, 0.3) is 0 Å². The quantitative estimate of drug-likeness (QED) is 0.583. The zero-order chi connectivity index (χ0) is 25.0. The van der Waals surface area contributed by atoms with E-state index in [2.05, 4.69) is 5.32 Å². The minimum Gasteiger partial charge on any atom is -0.354 e. The molecule has 2 aromatic rings. The van der Waals surface area contributed by atoms with E-state index in [9.17, 15) is 27.2 Å². The van der Waals surface area contributed by atoms with E-state index in [1.165, 1.54) is 47.4 Å². The molecule has 182 valence electrons. The number of hydrogen-bond donors (Lipinski definition) is 1. The van der Waals surface area contributed by atoms with Crippen molar-refractivity contribution in [1.82, 2.24) is 14.5 Å². The Hall–Kier alpha value is -3.27. The minimum absolute atomic E-state index is 0.0241. The van der Waals surface area contributed by atoms with E-state index in [0.29, 0.717) is 16.4 Å². The highest BCUT2D eigenvalue weighted by Gasteiger charge is 2.41. The van der Waals surface area contributed by atoms with Crippen molar-refractivity contribution < 1.29 is 27.2 Å². The molecule has 2 aromatic carbocycles. The van der Waals surface area contributed by atoms with Crippen molar-refractivity contribution in [2.24, 2.45) is 5.92 Å². The highest BCUT2D eigenvalue weighted by molar-refractivity contribution is 7.90. The van der Waals surface area contributed by atoms with Gasteiger partial charge in [0, 0.05) is 26.1 Å². The van der Waals surface area contributed by atoms with Gasteiger partial charge in [-0.25, -0.2) is 17.1 Å². The molecule has 1 aliphatic heterocycles. The van der Waals surface area contributed by atoms with Crippen LogP contribution in [0.15, 0.2) is 53.4 Å². The number of rotatable bonds is 9. The van der Waals surface area contributed by atoms with Gasteiger partial charge in [0.2, 0.25) is 11.8 Å². The Morgan fingerprint density at radius 3 is 2.32 bits per heavy atom. The number of amides is 3. The molecular formula is C24H28FN3O5S. The maximum atomic E-state index is 13.3. The van der Waals surface area contributed by atoms with Crippen LogP contribution >= 0.6 is 0 Å². The first-order valence-electron chi connectivity index (χ1n) is 11.0. The van der Waals surface area contributed by atoms with E-state index in [1.807, 2.05) is 13.8 Å². The molecular weight excluding hydrogens is 461 g/mol. The molecule has 1 atom stereocenters. The maximum absolute atomic E-state index is 13.3. The van der Waals surface area contributed by atoms with E-state index >= 15 is 0 Å². The van der Waals surface area contributed by atoms with Crippen LogP contribution in [0.4, 0.5) is 4.39 Å². The van der Waals surface area contributed by atoms with Crippen molar-refractivity contribution in [2.75, 3.05) is 13.1 Å². The monoisotopic (exact) mass is 489 g/mol. The van der Waals surface area contributed by atoms with Gasteiger partial charge in [-0.15, -0.1) is 0 Å². The summed E-state index contributed by atoms with van der Waals surface area (Å²) in [6.45, 7) is 5.56. The smallest absolute Gasteiger partial charge is 0.269 e. The Bertz CT molecular complexity index is 1180. The zero-order valence-electron chi connectivity index (χ0n) is 19.3. The topological polar surface area (TPSA) is 104 Å². The van der Waals surface area contributed by atoms with E-state index < -0.39 is 33.7 Å². The van der Waals surface area contributed by atoms with E-state index in [-0.39, 0.29) is 41.8 Å². The average Bonchev–Trinajstić information content (AvgIpc) is 3.00. The Kier molecular flexibility index (Phi) is 7.71. The molecule has 3 amide bonds. The molecule has 0 unspecified atom stereocenters. The number of benzene rings is 2. The fraction of sp³-hybridized carbons (Fsp3) is 0.375. The minimum atomic E-state index is -4.04. The Labute approximate surface area is 198 Å². The van der Waals surface area contributed by atoms with Crippen LogP contribution in [0, 0.1) is 11.7 Å². The number of nitrogens with zero attached hydrogens (tertiary/aromatic N) is 2. The lowest BCUT2D eigenvalue weighted by Gasteiger charge is -2.29. The van der Waals surface area contributed by atoms with Crippen LogP contribution in [0.1, 0.15) is 43.1 Å². The number of nitrogens with one attached hydrogen (secondary N) is 1. The van der Waals surface area contributed by atoms with Gasteiger partial charge in [0.15, 0.2) is 0 Å². The van der Waals surface area contributed by atoms with Crippen LogP contribution < -0.4 is 5.32 Å². The molecule has 1 aliphatic rings. The van der Waals surface area contributed by atoms with Crippen LogP contribution in [-0.4, -0.2) is 54.5 Å². The lowest BCUT2D eigenvalue weighted by Crippen LogP contribution is -2.49. The van der Waals surface area contributed by atoms with Crippen molar-refractivity contribution in [2.45, 2.75) is 44.7 Å². The number of carbonyl (C=O) groups excluding carboxylic acids is 3. The van der Waals surface area contributed by atoms with E-state index in [0.717, 1.165) is 0 Å². The van der Waals surface area contributed by atoms with Gasteiger partial charge in [-0.3, -0.25) is 14.4 Å². The van der Waals surface area contributed by atoms with Crippen molar-refractivity contribution >= 4 is 27.7 Å². The highest BCUT2D eigenvalue weighted by atomic mass is 32.2. The number of halogens is 1. The van der Waals surface area contributed by atoms with Gasteiger partial charge >= 0.3 is 0 Å². The van der Waals surface area contributed by atoms with Crippen LogP contribution in [0.2, 0.25) is 0 Å². The zero-order valence-corrected chi connectivity index (χ0v) is 20.1. The second-order valence-corrected chi connectivity index (χ2v) is 10.4. The summed E-state index contributed by atoms with van der Waals surface area (Å²) in [5, 5.41) is 2.79. The van der Waals surface area contributed by atoms with Gasteiger partial charge in [0.05, 0.1) is 5.56 Å². The summed E-state index contributed by atoms with van der Waals surface area (Å²) in [7, 11) is -4.04. The average molecular weight is 490 g/mol. The fourth-order valence-electron chi connectivity index (χ4n) is 3.61. The first kappa shape index (κ1) is 25.4. The summed E-state index contributed by atoms with van der Waals surface area (Å²) in [5.41, 5.74) is 0.676. The molecule has 34 heavy (non-hydrogen) atoms. The first-order valence-corrected chi connectivity index (χ1v) is 12.4. The Balaban J connectivity index is 1.77. The number of sulfonamides is 1. The first-order chi connectivity index (χ1) is 16.0. The maximum Gasteiger partial charge on any atom is 0.269 e. The predicted octanol–water partition coefficient (Wildman–Crippen LogP) is 2.55. The van der Waals surface area contributed by atoms with Gasteiger partial charge in [0.1, 0.15) is 16.8 Å². The second kappa shape index (κ2) is 10.3. The molecule has 8 nitrogen and oxygen atoms in total. The predicted molar refractivity (Wildman–Crippen MR) is 124 cm³/mol. The summed E-state index contributed by atoms with van der Waals surface area (Å²) in [4.78, 5) is 39.7. The molecule has 0 saturated carbocycles. The van der Waals surface area contributed by atoms with Crippen molar-refractivity contribution in [3.63, 3.8) is 0 Å². The molecule has 0 spiro atoms. The van der Waals surface area contributed by atoms with Crippen LogP contribution in [0.3, 0.4) is 0 Å². The molecule has 0 aliphatic carbocycles. The summed E-state index contributed by atoms with van der Waals surface area (Å²) >= 11 is 0. The summed E-state index contributed by atoms with van der Waals surface area (Å²) in [6.07, 6.45) is -0.304. The third kappa shape index (κ3) is 5.44. The van der Waals surface area contributed by atoms with Crippen LogP contribution in [-0.2, 0) is 26.2 Å². The lowest BCUT2D eigenvalue weighted by atomic mass is 10.1. The SMILES string of the molecule is CC(C)CNC(=O)[C@@H](C)N(Cc1ccc(F)cc1)C(=O)CCN1C(=O)c2ccccc2S1(=O)=O. The highest BCUT2D eigenvalue weighted by Crippen LogP contribution is 2.30. The molecule has 0 radical (unpaired) electrons.